The third-order valence-corrected chi connectivity index (χ3v) is 6.39. The number of nitrogens with one attached hydrogen (secondary N) is 1. The molecule has 31 heavy (non-hydrogen) atoms. The van der Waals surface area contributed by atoms with Gasteiger partial charge in [-0.3, -0.25) is 15.5 Å². The Bertz CT molecular complexity index is 1070. The van der Waals surface area contributed by atoms with E-state index in [1.165, 1.54) is 41.6 Å². The van der Waals surface area contributed by atoms with Crippen molar-refractivity contribution in [3.8, 4) is 5.75 Å². The third-order valence-electron chi connectivity index (χ3n) is 4.35. The second-order valence-corrected chi connectivity index (χ2v) is 8.15. The van der Waals surface area contributed by atoms with Crippen LogP contribution in [0.4, 0.5) is 20.2 Å². The fourth-order valence-electron chi connectivity index (χ4n) is 2.80. The number of nitro groups is 1. The van der Waals surface area contributed by atoms with E-state index in [-0.39, 0.29) is 40.7 Å². The average molecular weight is 456 g/mol. The van der Waals surface area contributed by atoms with Gasteiger partial charge in [0.15, 0.2) is 0 Å². The molecule has 0 aliphatic heterocycles. The normalized spacial score (nSPS) is 12.3. The van der Waals surface area contributed by atoms with Crippen molar-refractivity contribution in [3.05, 3.63) is 58.1 Å². The number of hydrazone groups is 1. The van der Waals surface area contributed by atoms with E-state index in [0.717, 1.165) is 6.07 Å². The number of halogens is 2. The number of ether oxygens (including phenoxy) is 1. The molecule has 0 saturated carbocycles. The van der Waals surface area contributed by atoms with Gasteiger partial charge in [-0.2, -0.15) is 18.2 Å². The maximum Gasteiger partial charge on any atom is 0.387 e. The SMILES string of the molecule is CCN(CC)S(=O)(=O)c1ccc(NN=C(C)c2ccccc2OC(F)F)c([N+](=O)[O-])c1. The monoisotopic (exact) mass is 456 g/mol. The average Bonchev–Trinajstić information content (AvgIpc) is 2.72. The number of para-hydroxylation sites is 1. The molecule has 12 heteroatoms. The van der Waals surface area contributed by atoms with Crippen LogP contribution in [-0.2, 0) is 10.0 Å². The quantitative estimate of drug-likeness (QED) is 0.328. The summed E-state index contributed by atoms with van der Waals surface area (Å²) in [6.07, 6.45) is 0. The topological polar surface area (TPSA) is 114 Å². The van der Waals surface area contributed by atoms with Crippen molar-refractivity contribution in [2.24, 2.45) is 5.10 Å². The molecule has 0 fully saturated rings. The molecular weight excluding hydrogens is 434 g/mol. The van der Waals surface area contributed by atoms with Gasteiger partial charge in [-0.1, -0.05) is 26.0 Å². The Kier molecular flexibility index (Phi) is 8.00. The van der Waals surface area contributed by atoms with E-state index in [0.29, 0.717) is 0 Å². The summed E-state index contributed by atoms with van der Waals surface area (Å²) >= 11 is 0. The van der Waals surface area contributed by atoms with Crippen LogP contribution in [0.1, 0.15) is 26.3 Å². The van der Waals surface area contributed by atoms with E-state index in [1.54, 1.807) is 19.9 Å². The summed E-state index contributed by atoms with van der Waals surface area (Å²) in [6.45, 7) is 2.25. The van der Waals surface area contributed by atoms with E-state index < -0.39 is 27.2 Å². The highest BCUT2D eigenvalue weighted by atomic mass is 32.2. The lowest BCUT2D eigenvalue weighted by Crippen LogP contribution is -2.30. The molecule has 0 aromatic heterocycles. The lowest BCUT2D eigenvalue weighted by Gasteiger charge is -2.18. The highest BCUT2D eigenvalue weighted by molar-refractivity contribution is 7.89. The molecule has 0 spiro atoms. The van der Waals surface area contributed by atoms with E-state index in [1.807, 2.05) is 0 Å². The van der Waals surface area contributed by atoms with Crippen molar-refractivity contribution in [2.75, 3.05) is 18.5 Å². The van der Waals surface area contributed by atoms with Crippen molar-refractivity contribution in [3.63, 3.8) is 0 Å². The number of nitrogens with zero attached hydrogens (tertiary/aromatic N) is 3. The molecule has 2 aromatic carbocycles. The molecule has 0 aliphatic carbocycles. The Morgan fingerprint density at radius 2 is 1.87 bits per heavy atom. The molecule has 0 amide bonds. The van der Waals surface area contributed by atoms with Gasteiger partial charge < -0.3 is 4.74 Å². The van der Waals surface area contributed by atoms with Crippen LogP contribution in [0, 0.1) is 10.1 Å². The molecule has 0 unspecified atom stereocenters. The number of rotatable bonds is 10. The molecule has 1 N–H and O–H groups in total. The highest BCUT2D eigenvalue weighted by Crippen LogP contribution is 2.29. The first kappa shape index (κ1) is 24.2. The van der Waals surface area contributed by atoms with Gasteiger partial charge in [0.25, 0.3) is 5.69 Å². The van der Waals surface area contributed by atoms with Crippen molar-refractivity contribution in [1.82, 2.24) is 4.31 Å². The molecule has 0 atom stereocenters. The first-order chi connectivity index (χ1) is 14.6. The molecule has 2 aromatic rings. The Balaban J connectivity index is 2.39. The predicted molar refractivity (Wildman–Crippen MR) is 112 cm³/mol. The van der Waals surface area contributed by atoms with Crippen molar-refractivity contribution in [1.29, 1.82) is 0 Å². The molecule has 0 aliphatic rings. The van der Waals surface area contributed by atoms with E-state index in [9.17, 15) is 27.3 Å². The number of alkyl halides is 2. The molecule has 0 radical (unpaired) electrons. The van der Waals surface area contributed by atoms with Crippen LogP contribution in [0.3, 0.4) is 0 Å². The lowest BCUT2D eigenvalue weighted by molar-refractivity contribution is -0.384. The van der Waals surface area contributed by atoms with Crippen LogP contribution >= 0.6 is 0 Å². The van der Waals surface area contributed by atoms with Crippen molar-refractivity contribution < 1.29 is 26.9 Å². The number of nitro benzene ring substituents is 1. The minimum atomic E-state index is -3.89. The summed E-state index contributed by atoms with van der Waals surface area (Å²) in [7, 11) is -3.89. The van der Waals surface area contributed by atoms with Crippen molar-refractivity contribution >= 4 is 27.1 Å². The summed E-state index contributed by atoms with van der Waals surface area (Å²) in [5.74, 6) is -0.101. The van der Waals surface area contributed by atoms with Gasteiger partial charge in [0.05, 0.1) is 15.5 Å². The molecule has 0 saturated heterocycles. The zero-order valence-electron chi connectivity index (χ0n) is 17.1. The molecular formula is C19H22F2N4O5S. The minimum absolute atomic E-state index is 0.0601. The fourth-order valence-corrected chi connectivity index (χ4v) is 4.28. The summed E-state index contributed by atoms with van der Waals surface area (Å²) in [5, 5.41) is 15.5. The number of hydrogen-bond acceptors (Lipinski definition) is 7. The molecule has 0 bridgehead atoms. The zero-order valence-corrected chi connectivity index (χ0v) is 17.9. The second kappa shape index (κ2) is 10.3. The summed E-state index contributed by atoms with van der Waals surface area (Å²) in [5.41, 5.74) is 2.44. The standard InChI is InChI=1S/C19H22F2N4O5S/c1-4-24(5-2)31(28,29)14-10-11-16(17(12-14)25(26)27)23-22-13(3)15-8-6-7-9-18(15)30-19(20)21/h6-12,19,23H,4-5H2,1-3H3. The number of anilines is 1. The first-order valence-electron chi connectivity index (χ1n) is 9.24. The Morgan fingerprint density at radius 1 is 1.23 bits per heavy atom. The number of benzene rings is 2. The number of sulfonamides is 1. The summed E-state index contributed by atoms with van der Waals surface area (Å²) in [6, 6.07) is 9.38. The maximum atomic E-state index is 12.6. The summed E-state index contributed by atoms with van der Waals surface area (Å²) in [4.78, 5) is 10.6. The van der Waals surface area contributed by atoms with Gasteiger partial charge in [0, 0.05) is 24.7 Å². The number of hydrogen-bond donors (Lipinski definition) is 1. The first-order valence-corrected chi connectivity index (χ1v) is 10.7. The smallest absolute Gasteiger partial charge is 0.387 e. The van der Waals surface area contributed by atoms with Gasteiger partial charge in [0.1, 0.15) is 11.4 Å². The predicted octanol–water partition coefficient (Wildman–Crippen LogP) is 4.06. The zero-order chi connectivity index (χ0) is 23.2. The molecule has 0 heterocycles. The van der Waals surface area contributed by atoms with Gasteiger partial charge in [-0.05, 0) is 31.2 Å². The largest absolute Gasteiger partial charge is 0.434 e. The van der Waals surface area contributed by atoms with Gasteiger partial charge in [-0.25, -0.2) is 8.42 Å². The van der Waals surface area contributed by atoms with Crippen LogP contribution in [0.2, 0.25) is 0 Å². The van der Waals surface area contributed by atoms with E-state index >= 15 is 0 Å². The molecule has 2 rings (SSSR count). The minimum Gasteiger partial charge on any atom is -0.434 e. The Hall–Kier alpha value is -3.12. The van der Waals surface area contributed by atoms with E-state index in [2.05, 4.69) is 15.3 Å². The van der Waals surface area contributed by atoms with E-state index in [4.69, 9.17) is 0 Å². The second-order valence-electron chi connectivity index (χ2n) is 6.21. The Labute approximate surface area is 178 Å². The van der Waals surface area contributed by atoms with Crippen LogP contribution in [0.5, 0.6) is 5.75 Å². The third kappa shape index (κ3) is 5.73. The lowest BCUT2D eigenvalue weighted by atomic mass is 10.1. The van der Waals surface area contributed by atoms with Crippen LogP contribution in [-0.4, -0.2) is 43.1 Å². The van der Waals surface area contributed by atoms with Crippen LogP contribution < -0.4 is 10.2 Å². The highest BCUT2D eigenvalue weighted by Gasteiger charge is 2.25. The van der Waals surface area contributed by atoms with Crippen LogP contribution in [0.25, 0.3) is 0 Å². The summed E-state index contributed by atoms with van der Waals surface area (Å²) < 4.78 is 56.1. The molecule has 9 nitrogen and oxygen atoms in total. The maximum absolute atomic E-state index is 12.6. The van der Waals surface area contributed by atoms with Gasteiger partial charge in [0.2, 0.25) is 10.0 Å². The van der Waals surface area contributed by atoms with Crippen LogP contribution in [0.15, 0.2) is 52.5 Å². The Morgan fingerprint density at radius 3 is 2.45 bits per heavy atom. The van der Waals surface area contributed by atoms with Crippen molar-refractivity contribution in [2.45, 2.75) is 32.3 Å². The fraction of sp³-hybridized carbons (Fsp3) is 0.316. The van der Waals surface area contributed by atoms with Gasteiger partial charge >= 0.3 is 6.61 Å². The van der Waals surface area contributed by atoms with Gasteiger partial charge in [-0.15, -0.1) is 0 Å². The molecule has 168 valence electrons.